The molecule has 0 saturated carbocycles. The van der Waals surface area contributed by atoms with Gasteiger partial charge >= 0.3 is 12.2 Å². The van der Waals surface area contributed by atoms with Crippen LogP contribution in [0, 0.1) is 0 Å². The van der Waals surface area contributed by atoms with Gasteiger partial charge in [-0.1, -0.05) is 18.2 Å². The average Bonchev–Trinajstić information content (AvgIpc) is 3.08. The van der Waals surface area contributed by atoms with E-state index in [0.717, 1.165) is 17.5 Å². The van der Waals surface area contributed by atoms with Crippen molar-refractivity contribution in [3.63, 3.8) is 0 Å². The van der Waals surface area contributed by atoms with Crippen molar-refractivity contribution in [2.75, 3.05) is 50.2 Å². The van der Waals surface area contributed by atoms with Gasteiger partial charge in [0.1, 0.15) is 45.7 Å². The van der Waals surface area contributed by atoms with Gasteiger partial charge in [0.05, 0.1) is 24.1 Å². The maximum Gasteiger partial charge on any atom is 0.414 e. The van der Waals surface area contributed by atoms with Crippen molar-refractivity contribution in [1.29, 1.82) is 0 Å². The monoisotopic (exact) mass is 728 g/mol. The van der Waals surface area contributed by atoms with Gasteiger partial charge in [-0.15, -0.1) is 0 Å². The number of carbonyl (C=O) groups is 4. The number of nitrogens with one attached hydrogen (secondary N) is 1. The number of benzene rings is 2. The first kappa shape index (κ1) is 37.7. The molecule has 3 heterocycles. The number of methoxy groups -OCH3 is 1. The number of alkyl carbamates (subject to hydrolysis) is 1. The molecule has 0 aliphatic carbocycles. The van der Waals surface area contributed by atoms with E-state index in [4.69, 9.17) is 18.9 Å². The number of amides is 4. The van der Waals surface area contributed by atoms with Crippen molar-refractivity contribution in [1.82, 2.24) is 15.1 Å². The molecule has 2 aromatic carbocycles. The molecule has 3 aliphatic heterocycles. The number of piperidine rings is 2. The molecule has 0 aromatic heterocycles. The van der Waals surface area contributed by atoms with Crippen LogP contribution < -0.4 is 19.7 Å². The second-order valence-corrected chi connectivity index (χ2v) is 16.5. The smallest absolute Gasteiger partial charge is 0.414 e. The van der Waals surface area contributed by atoms with Gasteiger partial charge in [-0.05, 0) is 58.2 Å². The summed E-state index contributed by atoms with van der Waals surface area (Å²) < 4.78 is 46.2. The first-order chi connectivity index (χ1) is 24.1. The average molecular weight is 729 g/mol. The number of carbonyl (C=O) groups excluding carboxylic acids is 4. The Labute approximate surface area is 299 Å². The highest BCUT2D eigenvalue weighted by atomic mass is 32.2. The van der Waals surface area contributed by atoms with Crippen LogP contribution in [0.1, 0.15) is 68.8 Å². The van der Waals surface area contributed by atoms with Crippen LogP contribution in [0.3, 0.4) is 0 Å². The summed E-state index contributed by atoms with van der Waals surface area (Å²) in [6.45, 7) is 6.99. The van der Waals surface area contributed by atoms with E-state index in [-0.39, 0.29) is 48.8 Å². The van der Waals surface area contributed by atoms with E-state index in [2.05, 4.69) is 5.32 Å². The summed E-state index contributed by atoms with van der Waals surface area (Å²) in [5.74, 6) is 0.0870. The van der Waals surface area contributed by atoms with E-state index >= 15 is 0 Å². The molecule has 51 heavy (non-hydrogen) atoms. The molecule has 2 saturated heterocycles. The molecule has 278 valence electrons. The Morgan fingerprint density at radius 3 is 2.29 bits per heavy atom. The largest absolute Gasteiger partial charge is 0.496 e. The van der Waals surface area contributed by atoms with E-state index < -0.39 is 27.6 Å². The van der Waals surface area contributed by atoms with E-state index in [0.29, 0.717) is 68.9 Å². The fraction of sp³-hybridized carbons (Fsp3) is 0.556. The molecular weight excluding hydrogens is 680 g/mol. The van der Waals surface area contributed by atoms with Crippen LogP contribution in [0.25, 0.3) is 0 Å². The van der Waals surface area contributed by atoms with Gasteiger partial charge in [0.25, 0.3) is 5.91 Å². The highest BCUT2D eigenvalue weighted by molar-refractivity contribution is 7.90. The minimum Gasteiger partial charge on any atom is -0.496 e. The summed E-state index contributed by atoms with van der Waals surface area (Å²) >= 11 is 0. The summed E-state index contributed by atoms with van der Waals surface area (Å²) in [5, 5.41) is 2.55. The number of rotatable bonds is 10. The quantitative estimate of drug-likeness (QED) is 0.376. The predicted octanol–water partition coefficient (Wildman–Crippen LogP) is 4.15. The van der Waals surface area contributed by atoms with Crippen molar-refractivity contribution in [3.8, 4) is 11.5 Å². The van der Waals surface area contributed by atoms with Crippen LogP contribution in [0.5, 0.6) is 11.5 Å². The molecule has 15 heteroatoms. The molecule has 1 atom stereocenters. The number of para-hydroxylation sites is 1. The molecule has 1 N–H and O–H groups in total. The van der Waals surface area contributed by atoms with Crippen molar-refractivity contribution >= 4 is 39.5 Å². The zero-order valence-electron chi connectivity index (χ0n) is 29.9. The third-order valence-corrected chi connectivity index (χ3v) is 10.1. The second kappa shape index (κ2) is 15.8. The van der Waals surface area contributed by atoms with E-state index in [1.807, 2.05) is 24.3 Å². The van der Waals surface area contributed by atoms with Crippen molar-refractivity contribution in [2.24, 2.45) is 0 Å². The van der Waals surface area contributed by atoms with Crippen LogP contribution in [-0.4, -0.2) is 111 Å². The van der Waals surface area contributed by atoms with Gasteiger partial charge in [-0.2, -0.15) is 0 Å². The van der Waals surface area contributed by atoms with Gasteiger partial charge < -0.3 is 34.1 Å². The number of cyclic esters (lactones) is 1. The Morgan fingerprint density at radius 2 is 1.65 bits per heavy atom. The summed E-state index contributed by atoms with van der Waals surface area (Å²) in [5.41, 5.74) is 1.45. The van der Waals surface area contributed by atoms with E-state index in [1.54, 1.807) is 53.7 Å². The molecule has 0 bridgehead atoms. The number of anilines is 1. The van der Waals surface area contributed by atoms with Gasteiger partial charge in [0.15, 0.2) is 0 Å². The Morgan fingerprint density at radius 1 is 0.980 bits per heavy atom. The molecule has 0 spiro atoms. The van der Waals surface area contributed by atoms with Crippen molar-refractivity contribution in [3.05, 3.63) is 53.6 Å². The molecule has 0 unspecified atom stereocenters. The lowest BCUT2D eigenvalue weighted by Gasteiger charge is -2.40. The summed E-state index contributed by atoms with van der Waals surface area (Å²) in [7, 11) is -1.87. The summed E-state index contributed by atoms with van der Waals surface area (Å²) in [4.78, 5) is 57.2. The van der Waals surface area contributed by atoms with Crippen molar-refractivity contribution in [2.45, 2.75) is 83.3 Å². The number of hydrogen-bond donors (Lipinski definition) is 1. The van der Waals surface area contributed by atoms with Gasteiger partial charge in [0, 0.05) is 62.9 Å². The predicted molar refractivity (Wildman–Crippen MR) is 189 cm³/mol. The maximum absolute atomic E-state index is 13.6. The zero-order valence-corrected chi connectivity index (χ0v) is 30.7. The molecular formula is C36H48N4O10S. The molecule has 5 rings (SSSR count). The summed E-state index contributed by atoms with van der Waals surface area (Å²) in [6, 6.07) is 11.7. The number of fused-ring (bicyclic) bond motifs is 1. The van der Waals surface area contributed by atoms with E-state index in [9.17, 15) is 27.6 Å². The number of likely N-dealkylation sites (tertiary alicyclic amines) is 2. The van der Waals surface area contributed by atoms with Gasteiger partial charge in [0.2, 0.25) is 5.91 Å². The minimum atomic E-state index is -3.37. The number of hydrogen-bond acceptors (Lipinski definition) is 10. The SMILES string of the molecule is COc1cc(OC2CCN(C(=O)[C@H](CCS(C)(=O)=O)NC(=O)OC(C)(C)C)CC2)ccc1C(=O)N1CCC(N2C(=O)OCc3ccccc32)CC1. The van der Waals surface area contributed by atoms with Crippen LogP contribution in [0.2, 0.25) is 0 Å². The van der Waals surface area contributed by atoms with Crippen LogP contribution in [-0.2, 0) is 30.7 Å². The highest BCUT2D eigenvalue weighted by Gasteiger charge is 2.36. The molecule has 14 nitrogen and oxygen atoms in total. The first-order valence-corrected chi connectivity index (χ1v) is 19.3. The Kier molecular flexibility index (Phi) is 11.7. The Bertz CT molecular complexity index is 1710. The molecule has 0 radical (unpaired) electrons. The van der Waals surface area contributed by atoms with E-state index in [1.165, 1.54) is 7.11 Å². The molecule has 3 aliphatic rings. The summed E-state index contributed by atoms with van der Waals surface area (Å²) in [6.07, 6.45) is 1.86. The number of nitrogens with zero attached hydrogens (tertiary/aromatic N) is 3. The molecule has 2 fully saturated rings. The van der Waals surface area contributed by atoms with Crippen LogP contribution >= 0.6 is 0 Å². The molecule has 4 amide bonds. The topological polar surface area (TPSA) is 161 Å². The lowest BCUT2D eigenvalue weighted by Crippen LogP contribution is -2.52. The zero-order chi connectivity index (χ0) is 36.9. The maximum atomic E-state index is 13.6. The fourth-order valence-corrected chi connectivity index (χ4v) is 7.25. The Balaban J connectivity index is 1.15. The third kappa shape index (κ3) is 9.83. The van der Waals surface area contributed by atoms with Crippen LogP contribution in [0.4, 0.5) is 15.3 Å². The van der Waals surface area contributed by atoms with Crippen molar-refractivity contribution < 1.29 is 46.5 Å². The van der Waals surface area contributed by atoms with Gasteiger partial charge in [-0.25, -0.2) is 18.0 Å². The lowest BCUT2D eigenvalue weighted by molar-refractivity contribution is -0.135. The fourth-order valence-electron chi connectivity index (χ4n) is 6.59. The lowest BCUT2D eigenvalue weighted by atomic mass is 10.00. The minimum absolute atomic E-state index is 0.0716. The normalized spacial score (nSPS) is 18.0. The third-order valence-electron chi connectivity index (χ3n) is 9.14. The standard InChI is InChI=1S/C36H48N4O10S/c1-36(2,3)50-34(43)37-29(16-21-51(5,45)46)33(42)39-19-14-26(15-20-39)49-27-10-11-28(31(22-27)47-4)32(41)38-17-12-25(13-18-38)40-30-9-7-6-8-24(30)23-48-35(40)44/h6-11,22,25-26,29H,12-21,23H2,1-5H3,(H,37,43)/t29-/m0/s1. The Hall–Kier alpha value is -4.53. The van der Waals surface area contributed by atoms with Crippen LogP contribution in [0.15, 0.2) is 42.5 Å². The number of sulfone groups is 1. The highest BCUT2D eigenvalue weighted by Crippen LogP contribution is 2.33. The number of ether oxygens (including phenoxy) is 4. The second-order valence-electron chi connectivity index (χ2n) is 14.2. The first-order valence-electron chi connectivity index (χ1n) is 17.3. The van der Waals surface area contributed by atoms with Gasteiger partial charge in [-0.3, -0.25) is 14.5 Å². The molecule has 2 aromatic rings.